The SMILES string of the molecule is CC(C)=NOC(=O)F.CS. The Hall–Kier alpha value is -0.580. The molecule has 0 saturated heterocycles. The normalized spacial score (nSPS) is 6.90. The van der Waals surface area contributed by atoms with Gasteiger partial charge in [0.15, 0.2) is 0 Å². The Balaban J connectivity index is 0. The second-order valence-corrected chi connectivity index (χ2v) is 1.37. The van der Waals surface area contributed by atoms with Crippen LogP contribution in [0.25, 0.3) is 0 Å². The van der Waals surface area contributed by atoms with Gasteiger partial charge in [-0.2, -0.15) is 12.6 Å². The highest BCUT2D eigenvalue weighted by atomic mass is 32.1. The summed E-state index contributed by atoms with van der Waals surface area (Å²) in [5, 5.41) is 3.02. The van der Waals surface area contributed by atoms with Gasteiger partial charge in [-0.05, 0) is 20.1 Å². The van der Waals surface area contributed by atoms with Crippen molar-refractivity contribution in [3.05, 3.63) is 0 Å². The van der Waals surface area contributed by atoms with Crippen LogP contribution in [0.2, 0.25) is 0 Å². The van der Waals surface area contributed by atoms with E-state index in [0.717, 1.165) is 0 Å². The zero-order valence-electron chi connectivity index (χ0n) is 6.09. The van der Waals surface area contributed by atoms with Gasteiger partial charge < -0.3 is 0 Å². The summed E-state index contributed by atoms with van der Waals surface area (Å²) in [6, 6.07) is 0. The van der Waals surface area contributed by atoms with Gasteiger partial charge in [-0.15, -0.1) is 4.39 Å². The molecule has 0 unspecified atom stereocenters. The van der Waals surface area contributed by atoms with E-state index in [1.807, 2.05) is 0 Å². The second kappa shape index (κ2) is 8.42. The van der Waals surface area contributed by atoms with E-state index in [2.05, 4.69) is 22.6 Å². The lowest BCUT2D eigenvalue weighted by atomic mass is 10.5. The van der Waals surface area contributed by atoms with Crippen LogP contribution < -0.4 is 0 Å². The molecule has 0 amide bonds. The number of rotatable bonds is 1. The molecular formula is C5H10FNO2S. The first-order chi connectivity index (χ1) is 4.63. The van der Waals surface area contributed by atoms with Gasteiger partial charge in [-0.3, -0.25) is 4.84 Å². The van der Waals surface area contributed by atoms with E-state index >= 15 is 0 Å². The number of carbonyl (C=O) groups excluding carboxylic acids is 1. The molecule has 5 heteroatoms. The molecule has 0 fully saturated rings. The predicted octanol–water partition coefficient (Wildman–Crippen LogP) is 2.03. The summed E-state index contributed by atoms with van der Waals surface area (Å²) in [5.74, 6) is 0. The highest BCUT2D eigenvalue weighted by Crippen LogP contribution is 1.83. The van der Waals surface area contributed by atoms with E-state index in [1.165, 1.54) is 0 Å². The van der Waals surface area contributed by atoms with Crippen molar-refractivity contribution in [2.75, 3.05) is 6.26 Å². The third-order valence-corrected chi connectivity index (χ3v) is 0.300. The number of hydrogen-bond donors (Lipinski definition) is 1. The Kier molecular flexibility index (Phi) is 10.2. The maximum absolute atomic E-state index is 11.1. The first-order valence-corrected chi connectivity index (χ1v) is 3.35. The molecule has 0 spiro atoms. The lowest BCUT2D eigenvalue weighted by molar-refractivity contribution is 0.124. The van der Waals surface area contributed by atoms with Gasteiger partial charge in [0.2, 0.25) is 0 Å². The van der Waals surface area contributed by atoms with Crippen LogP contribution >= 0.6 is 12.6 Å². The number of hydrogen-bond acceptors (Lipinski definition) is 4. The van der Waals surface area contributed by atoms with Crippen LogP contribution in [0, 0.1) is 0 Å². The largest absolute Gasteiger partial charge is 0.521 e. The molecule has 0 aromatic carbocycles. The van der Waals surface area contributed by atoms with Crippen molar-refractivity contribution >= 4 is 24.6 Å². The minimum atomic E-state index is -1.88. The molecule has 0 aromatic rings. The Morgan fingerprint density at radius 2 is 1.90 bits per heavy atom. The van der Waals surface area contributed by atoms with Crippen LogP contribution in [0.15, 0.2) is 5.16 Å². The molecule has 0 heterocycles. The predicted molar refractivity (Wildman–Crippen MR) is 41.3 cm³/mol. The second-order valence-electron chi connectivity index (χ2n) is 1.37. The summed E-state index contributed by atoms with van der Waals surface area (Å²) in [6.45, 7) is 3.17. The minimum absolute atomic E-state index is 0.496. The third-order valence-electron chi connectivity index (χ3n) is 0.300. The molecule has 0 bridgehead atoms. The molecule has 0 N–H and O–H groups in total. The molecule has 0 aromatic heterocycles. The van der Waals surface area contributed by atoms with Crippen LogP contribution in [-0.4, -0.2) is 18.2 Å². The molecule has 0 atom stereocenters. The Bertz CT molecular complexity index is 123. The van der Waals surface area contributed by atoms with Crippen molar-refractivity contribution in [1.29, 1.82) is 0 Å². The molecule has 10 heavy (non-hydrogen) atoms. The smallest absolute Gasteiger partial charge is 0.289 e. The van der Waals surface area contributed by atoms with Gasteiger partial charge in [0.1, 0.15) is 0 Å². The van der Waals surface area contributed by atoms with Gasteiger partial charge >= 0.3 is 6.22 Å². The number of thiol groups is 1. The highest BCUT2D eigenvalue weighted by molar-refractivity contribution is 7.79. The maximum Gasteiger partial charge on any atom is 0.521 e. The van der Waals surface area contributed by atoms with E-state index in [4.69, 9.17) is 0 Å². The van der Waals surface area contributed by atoms with Crippen molar-refractivity contribution in [1.82, 2.24) is 0 Å². The minimum Gasteiger partial charge on any atom is -0.289 e. The van der Waals surface area contributed by atoms with Crippen LogP contribution in [0.5, 0.6) is 0 Å². The quantitative estimate of drug-likeness (QED) is 0.213. The van der Waals surface area contributed by atoms with Gasteiger partial charge in [0.25, 0.3) is 0 Å². The molecule has 0 aliphatic carbocycles. The van der Waals surface area contributed by atoms with Crippen LogP contribution in [0.1, 0.15) is 13.8 Å². The molecule has 0 aliphatic rings. The highest BCUT2D eigenvalue weighted by Gasteiger charge is 1.92. The lowest BCUT2D eigenvalue weighted by Crippen LogP contribution is -1.89. The third kappa shape index (κ3) is 15.7. The number of oxime groups is 1. The molecule has 0 aliphatic heterocycles. The zero-order valence-corrected chi connectivity index (χ0v) is 6.98. The monoisotopic (exact) mass is 167 g/mol. The number of carbonyl (C=O) groups is 1. The Labute approximate surface area is 64.6 Å². The van der Waals surface area contributed by atoms with E-state index in [-0.39, 0.29) is 0 Å². The first kappa shape index (κ1) is 12.1. The summed E-state index contributed by atoms with van der Waals surface area (Å²) in [5.41, 5.74) is 0.496. The van der Waals surface area contributed by atoms with Crippen LogP contribution in [0.4, 0.5) is 9.18 Å². The summed E-state index contributed by atoms with van der Waals surface area (Å²) in [6.07, 6.45) is -0.189. The molecular weight excluding hydrogens is 157 g/mol. The van der Waals surface area contributed by atoms with Crippen molar-refractivity contribution < 1.29 is 14.0 Å². The first-order valence-electron chi connectivity index (χ1n) is 2.45. The fraction of sp³-hybridized carbons (Fsp3) is 0.600. The van der Waals surface area contributed by atoms with E-state index in [1.54, 1.807) is 20.1 Å². The molecule has 0 rings (SSSR count). The van der Waals surface area contributed by atoms with Crippen LogP contribution in [-0.2, 0) is 4.84 Å². The fourth-order valence-corrected chi connectivity index (χ4v) is 0.127. The van der Waals surface area contributed by atoms with Crippen molar-refractivity contribution in [2.45, 2.75) is 13.8 Å². The number of halogens is 1. The topological polar surface area (TPSA) is 38.7 Å². The fourth-order valence-electron chi connectivity index (χ4n) is 0.127. The Morgan fingerprint density at radius 1 is 1.50 bits per heavy atom. The average molecular weight is 167 g/mol. The summed E-state index contributed by atoms with van der Waals surface area (Å²) in [7, 11) is 0. The molecule has 0 saturated carbocycles. The van der Waals surface area contributed by atoms with E-state index in [0.29, 0.717) is 5.71 Å². The summed E-state index contributed by atoms with van der Waals surface area (Å²) in [4.78, 5) is 12.9. The van der Waals surface area contributed by atoms with Crippen molar-refractivity contribution in [3.63, 3.8) is 0 Å². The average Bonchev–Trinajstić information content (AvgIpc) is 1.89. The molecule has 0 radical (unpaired) electrons. The molecule has 60 valence electrons. The van der Waals surface area contributed by atoms with Gasteiger partial charge in [-0.25, -0.2) is 4.79 Å². The summed E-state index contributed by atoms with van der Waals surface area (Å²) < 4.78 is 11.1. The van der Waals surface area contributed by atoms with E-state index in [9.17, 15) is 9.18 Å². The van der Waals surface area contributed by atoms with Crippen molar-refractivity contribution in [2.24, 2.45) is 5.16 Å². The zero-order chi connectivity index (χ0) is 8.57. The van der Waals surface area contributed by atoms with E-state index < -0.39 is 6.22 Å². The Morgan fingerprint density at radius 3 is 2.00 bits per heavy atom. The summed E-state index contributed by atoms with van der Waals surface area (Å²) >= 11 is 3.53. The molecule has 3 nitrogen and oxygen atoms in total. The maximum atomic E-state index is 11.1. The van der Waals surface area contributed by atoms with Crippen molar-refractivity contribution in [3.8, 4) is 0 Å². The standard InChI is InChI=1S/C4H6FNO2.CH4S/c1-3(2)6-8-4(5)7;1-2/h1-2H3;2H,1H3. The van der Waals surface area contributed by atoms with Gasteiger partial charge in [-0.1, -0.05) is 5.16 Å². The lowest BCUT2D eigenvalue weighted by Gasteiger charge is -1.84. The van der Waals surface area contributed by atoms with Crippen LogP contribution in [0.3, 0.4) is 0 Å². The van der Waals surface area contributed by atoms with Gasteiger partial charge in [0, 0.05) is 0 Å². The number of nitrogens with zero attached hydrogens (tertiary/aromatic N) is 1. The van der Waals surface area contributed by atoms with Gasteiger partial charge in [0.05, 0.1) is 5.71 Å².